The molecule has 2 rings (SSSR count). The molecule has 1 aromatic rings. The second-order valence-electron chi connectivity index (χ2n) is 6.55. The van der Waals surface area contributed by atoms with Gasteiger partial charge in [-0.3, -0.25) is 4.99 Å². The van der Waals surface area contributed by atoms with Gasteiger partial charge in [0.2, 0.25) is 0 Å². The molecule has 0 saturated carbocycles. The summed E-state index contributed by atoms with van der Waals surface area (Å²) in [5, 5.41) is 6.56. The molecule has 2 N–H and O–H groups in total. The Labute approximate surface area is 179 Å². The normalized spacial score (nSPS) is 15.3. The smallest absolute Gasteiger partial charge is 0.191 e. The zero-order chi connectivity index (χ0) is 18.5. The fourth-order valence-electron chi connectivity index (χ4n) is 2.84. The van der Waals surface area contributed by atoms with E-state index in [4.69, 9.17) is 9.47 Å². The third-order valence-electron chi connectivity index (χ3n) is 4.37. The Morgan fingerprint density at radius 3 is 2.67 bits per heavy atom. The number of guanidine groups is 1. The molecular weight excluding hydrogens is 460 g/mol. The minimum atomic E-state index is -0.198. The minimum Gasteiger partial charge on any atom is -0.381 e. The summed E-state index contributed by atoms with van der Waals surface area (Å²) in [6.07, 6.45) is 3.97. The van der Waals surface area contributed by atoms with E-state index in [0.29, 0.717) is 5.92 Å². The summed E-state index contributed by atoms with van der Waals surface area (Å²) in [6.45, 7) is 7.69. The van der Waals surface area contributed by atoms with Gasteiger partial charge >= 0.3 is 0 Å². The molecule has 0 spiro atoms. The van der Waals surface area contributed by atoms with Crippen LogP contribution in [-0.2, 0) is 15.9 Å². The molecule has 5 nitrogen and oxygen atoms in total. The lowest BCUT2D eigenvalue weighted by atomic mass is 10.0. The molecule has 0 radical (unpaired) electrons. The molecule has 1 fully saturated rings. The van der Waals surface area contributed by atoms with Crippen LogP contribution in [0.15, 0.2) is 29.3 Å². The number of nitrogens with one attached hydrogen (secondary N) is 2. The number of nitrogens with zero attached hydrogens (tertiary/aromatic N) is 1. The highest BCUT2D eigenvalue weighted by Gasteiger charge is 2.13. The Hall–Kier alpha value is -0.930. The largest absolute Gasteiger partial charge is 0.381 e. The van der Waals surface area contributed by atoms with E-state index in [9.17, 15) is 4.39 Å². The third kappa shape index (κ3) is 10.8. The molecule has 27 heavy (non-hydrogen) atoms. The monoisotopic (exact) mass is 493 g/mol. The number of aliphatic imine (C=N–C) groups is 1. The maximum Gasteiger partial charge on any atom is 0.191 e. The van der Waals surface area contributed by atoms with Crippen molar-refractivity contribution in [3.63, 3.8) is 0 Å². The van der Waals surface area contributed by atoms with Crippen LogP contribution >= 0.6 is 24.0 Å². The Kier molecular flexibility index (Phi) is 13.4. The average molecular weight is 493 g/mol. The molecule has 0 amide bonds. The van der Waals surface area contributed by atoms with Gasteiger partial charge in [0.1, 0.15) is 5.82 Å². The third-order valence-corrected chi connectivity index (χ3v) is 4.37. The van der Waals surface area contributed by atoms with E-state index >= 15 is 0 Å². The average Bonchev–Trinajstić information content (AvgIpc) is 2.67. The molecule has 0 aromatic heterocycles. The summed E-state index contributed by atoms with van der Waals surface area (Å²) in [5.74, 6) is 1.27. The lowest BCUT2D eigenvalue weighted by molar-refractivity contribution is 0.0205. The molecule has 1 aromatic carbocycles. The van der Waals surface area contributed by atoms with Crippen molar-refractivity contribution in [2.24, 2.45) is 10.9 Å². The van der Waals surface area contributed by atoms with Crippen LogP contribution in [0, 0.1) is 11.7 Å². The van der Waals surface area contributed by atoms with Gasteiger partial charge in [0.05, 0.1) is 0 Å². The Balaban J connectivity index is 0.00000364. The number of ether oxygens (including phenoxy) is 2. The van der Waals surface area contributed by atoms with Gasteiger partial charge < -0.3 is 20.1 Å². The predicted molar refractivity (Wildman–Crippen MR) is 118 cm³/mol. The van der Waals surface area contributed by atoms with Crippen molar-refractivity contribution in [2.75, 3.05) is 46.1 Å². The molecule has 1 aliphatic heterocycles. The van der Waals surface area contributed by atoms with Crippen LogP contribution < -0.4 is 10.6 Å². The number of rotatable bonds is 10. The van der Waals surface area contributed by atoms with Gasteiger partial charge in [-0.15, -0.1) is 24.0 Å². The summed E-state index contributed by atoms with van der Waals surface area (Å²) >= 11 is 0. The fraction of sp³-hybridized carbons (Fsp3) is 0.650. The Morgan fingerprint density at radius 1 is 1.22 bits per heavy atom. The number of halogens is 2. The predicted octanol–water partition coefficient (Wildman–Crippen LogP) is 3.37. The summed E-state index contributed by atoms with van der Waals surface area (Å²) in [7, 11) is 0. The highest BCUT2D eigenvalue weighted by molar-refractivity contribution is 14.0. The first kappa shape index (κ1) is 24.1. The molecule has 1 aliphatic rings. The van der Waals surface area contributed by atoms with Gasteiger partial charge in [0.25, 0.3) is 0 Å². The van der Waals surface area contributed by atoms with Gasteiger partial charge in [-0.05, 0) is 56.2 Å². The molecular formula is C20H33FIN3O2. The van der Waals surface area contributed by atoms with Crippen molar-refractivity contribution in [1.29, 1.82) is 0 Å². The molecule has 1 saturated heterocycles. The maximum absolute atomic E-state index is 12.9. The van der Waals surface area contributed by atoms with Crippen LogP contribution in [0.5, 0.6) is 0 Å². The highest BCUT2D eigenvalue weighted by atomic mass is 127. The molecule has 154 valence electrons. The summed E-state index contributed by atoms with van der Waals surface area (Å²) in [4.78, 5) is 4.58. The van der Waals surface area contributed by atoms with E-state index in [1.54, 1.807) is 0 Å². The van der Waals surface area contributed by atoms with Crippen molar-refractivity contribution in [3.8, 4) is 0 Å². The number of hydrogen-bond donors (Lipinski definition) is 2. The van der Waals surface area contributed by atoms with E-state index in [1.165, 1.54) is 12.1 Å². The van der Waals surface area contributed by atoms with E-state index in [-0.39, 0.29) is 29.8 Å². The van der Waals surface area contributed by atoms with Gasteiger partial charge in [-0.1, -0.05) is 12.1 Å². The zero-order valence-corrected chi connectivity index (χ0v) is 18.5. The van der Waals surface area contributed by atoms with E-state index < -0.39 is 0 Å². The molecule has 0 unspecified atom stereocenters. The highest BCUT2D eigenvalue weighted by Crippen LogP contribution is 2.14. The van der Waals surface area contributed by atoms with Gasteiger partial charge in [-0.2, -0.15) is 0 Å². The minimum absolute atomic E-state index is 0. The topological polar surface area (TPSA) is 54.9 Å². The first-order valence-electron chi connectivity index (χ1n) is 9.70. The number of benzene rings is 1. The quantitative estimate of drug-likeness (QED) is 0.227. The lowest BCUT2D eigenvalue weighted by Gasteiger charge is -2.21. The van der Waals surface area contributed by atoms with Crippen molar-refractivity contribution in [1.82, 2.24) is 10.6 Å². The first-order valence-corrected chi connectivity index (χ1v) is 9.70. The Morgan fingerprint density at radius 2 is 1.96 bits per heavy atom. The molecule has 0 aliphatic carbocycles. The molecule has 0 atom stereocenters. The van der Waals surface area contributed by atoms with Crippen LogP contribution in [-0.4, -0.2) is 52.0 Å². The summed E-state index contributed by atoms with van der Waals surface area (Å²) in [5.41, 5.74) is 1.11. The fourth-order valence-corrected chi connectivity index (χ4v) is 2.84. The van der Waals surface area contributed by atoms with Crippen molar-refractivity contribution >= 4 is 29.9 Å². The zero-order valence-electron chi connectivity index (χ0n) is 16.2. The van der Waals surface area contributed by atoms with Crippen molar-refractivity contribution in [2.45, 2.75) is 32.6 Å². The van der Waals surface area contributed by atoms with Crippen molar-refractivity contribution in [3.05, 3.63) is 35.6 Å². The van der Waals surface area contributed by atoms with Gasteiger partial charge in [0.15, 0.2) is 5.96 Å². The molecule has 1 heterocycles. The first-order chi connectivity index (χ1) is 12.8. The van der Waals surface area contributed by atoms with Crippen LogP contribution in [0.25, 0.3) is 0 Å². The van der Waals surface area contributed by atoms with Gasteiger partial charge in [-0.25, -0.2) is 4.39 Å². The molecule has 7 heteroatoms. The molecule has 0 bridgehead atoms. The van der Waals surface area contributed by atoms with Crippen LogP contribution in [0.4, 0.5) is 4.39 Å². The van der Waals surface area contributed by atoms with Gasteiger partial charge in [0, 0.05) is 46.1 Å². The van der Waals surface area contributed by atoms with Crippen LogP contribution in [0.2, 0.25) is 0 Å². The maximum atomic E-state index is 12.9. The van der Waals surface area contributed by atoms with Crippen molar-refractivity contribution < 1.29 is 13.9 Å². The Bertz CT molecular complexity index is 522. The van der Waals surface area contributed by atoms with E-state index in [1.807, 2.05) is 19.1 Å². The SMILES string of the molecule is CCNC(=NCCCOCC1CCOCC1)NCCc1ccc(F)cc1.I. The van der Waals surface area contributed by atoms with Crippen LogP contribution in [0.1, 0.15) is 31.7 Å². The summed E-state index contributed by atoms with van der Waals surface area (Å²) in [6, 6.07) is 6.62. The second kappa shape index (κ2) is 15.0. The lowest BCUT2D eigenvalue weighted by Crippen LogP contribution is -2.38. The van der Waals surface area contributed by atoms with Crippen LogP contribution in [0.3, 0.4) is 0 Å². The number of hydrogen-bond acceptors (Lipinski definition) is 3. The van der Waals surface area contributed by atoms with E-state index in [0.717, 1.165) is 83.3 Å². The standard InChI is InChI=1S/C20H32FN3O2.HI/c1-2-22-20(24-12-8-17-4-6-19(21)7-5-17)23-11-3-13-26-16-18-9-14-25-15-10-18;/h4-7,18H,2-3,8-16H2,1H3,(H2,22,23,24);1H. The summed E-state index contributed by atoms with van der Waals surface area (Å²) < 4.78 is 24.0. The second-order valence-corrected chi connectivity index (χ2v) is 6.55. The van der Waals surface area contributed by atoms with E-state index in [2.05, 4.69) is 15.6 Å².